The minimum Gasteiger partial charge on any atom is -0.326 e. The first kappa shape index (κ1) is 18.2. The van der Waals surface area contributed by atoms with Crippen molar-refractivity contribution >= 4 is 45.9 Å². The molecular formula is C20H18N4O3S. The van der Waals surface area contributed by atoms with Crippen LogP contribution in [0.1, 0.15) is 6.42 Å². The highest BCUT2D eigenvalue weighted by Crippen LogP contribution is 2.29. The van der Waals surface area contributed by atoms with E-state index in [0.717, 1.165) is 10.6 Å². The second-order valence-electron chi connectivity index (χ2n) is 6.56. The molecule has 0 unspecified atom stereocenters. The topological polar surface area (TPSA) is 95.2 Å². The van der Waals surface area contributed by atoms with Gasteiger partial charge in [-0.2, -0.15) is 0 Å². The summed E-state index contributed by atoms with van der Waals surface area (Å²) in [6.07, 6.45) is 3.48. The van der Waals surface area contributed by atoms with Gasteiger partial charge in [-0.25, -0.2) is 4.98 Å². The monoisotopic (exact) mass is 394 g/mol. The normalized spacial score (nSPS) is 16.5. The lowest BCUT2D eigenvalue weighted by Crippen LogP contribution is -2.28. The summed E-state index contributed by atoms with van der Waals surface area (Å²) in [4.78, 5) is 46.4. The first-order valence-electron chi connectivity index (χ1n) is 8.78. The van der Waals surface area contributed by atoms with Gasteiger partial charge in [0.05, 0.1) is 23.1 Å². The van der Waals surface area contributed by atoms with Crippen LogP contribution in [0.2, 0.25) is 0 Å². The highest BCUT2D eigenvalue weighted by Gasteiger charge is 2.35. The summed E-state index contributed by atoms with van der Waals surface area (Å²) in [5.41, 5.74) is 1.59. The molecule has 3 aromatic rings. The first-order chi connectivity index (χ1) is 13.5. The lowest BCUT2D eigenvalue weighted by Gasteiger charge is -2.17. The predicted molar refractivity (Wildman–Crippen MR) is 110 cm³/mol. The number of benzene rings is 2. The molecule has 4 rings (SSSR count). The van der Waals surface area contributed by atoms with E-state index in [-0.39, 0.29) is 23.8 Å². The van der Waals surface area contributed by atoms with E-state index in [1.807, 2.05) is 30.5 Å². The number of thioether (sulfide) groups is 1. The summed E-state index contributed by atoms with van der Waals surface area (Å²) in [6.45, 7) is 0.332. The van der Waals surface area contributed by atoms with Crippen molar-refractivity contribution in [2.45, 2.75) is 11.3 Å². The van der Waals surface area contributed by atoms with Crippen molar-refractivity contribution in [3.63, 3.8) is 0 Å². The average Bonchev–Trinajstić information content (AvgIpc) is 3.10. The van der Waals surface area contributed by atoms with Crippen molar-refractivity contribution in [1.82, 2.24) is 9.97 Å². The van der Waals surface area contributed by atoms with Crippen LogP contribution in [0.25, 0.3) is 10.9 Å². The van der Waals surface area contributed by atoms with Crippen LogP contribution in [0, 0.1) is 5.92 Å². The van der Waals surface area contributed by atoms with Crippen molar-refractivity contribution in [3.05, 3.63) is 59.1 Å². The quantitative estimate of drug-likeness (QED) is 0.664. The van der Waals surface area contributed by atoms with Crippen LogP contribution in [0.4, 0.5) is 11.4 Å². The third kappa shape index (κ3) is 3.50. The summed E-state index contributed by atoms with van der Waals surface area (Å²) in [6, 6.07) is 12.7. The molecule has 28 heavy (non-hydrogen) atoms. The Morgan fingerprint density at radius 1 is 1.25 bits per heavy atom. The maximum Gasteiger partial charge on any atom is 0.258 e. The van der Waals surface area contributed by atoms with Crippen LogP contribution < -0.4 is 15.8 Å². The minimum atomic E-state index is -0.451. The maximum atomic E-state index is 12.7. The molecule has 2 heterocycles. The van der Waals surface area contributed by atoms with Crippen molar-refractivity contribution in [1.29, 1.82) is 0 Å². The second kappa shape index (κ2) is 7.47. The molecule has 0 radical (unpaired) electrons. The third-order valence-electron chi connectivity index (χ3n) is 4.77. The van der Waals surface area contributed by atoms with Gasteiger partial charge in [0, 0.05) is 29.2 Å². The van der Waals surface area contributed by atoms with Crippen molar-refractivity contribution in [3.8, 4) is 0 Å². The van der Waals surface area contributed by atoms with Gasteiger partial charge in [-0.3, -0.25) is 14.4 Å². The van der Waals surface area contributed by atoms with Gasteiger partial charge < -0.3 is 15.2 Å². The van der Waals surface area contributed by atoms with Crippen LogP contribution in [0.3, 0.4) is 0 Å². The van der Waals surface area contributed by atoms with E-state index in [9.17, 15) is 14.4 Å². The number of carbonyl (C=O) groups is 2. The number of rotatable bonds is 4. The van der Waals surface area contributed by atoms with Crippen molar-refractivity contribution in [2.75, 3.05) is 23.0 Å². The Labute approximate surface area is 165 Å². The Morgan fingerprint density at radius 2 is 2.11 bits per heavy atom. The molecule has 2 N–H and O–H groups in total. The number of H-pyrrole nitrogens is 1. The molecule has 1 aliphatic heterocycles. The summed E-state index contributed by atoms with van der Waals surface area (Å²) in [5.74, 6) is -0.762. The fourth-order valence-electron chi connectivity index (χ4n) is 3.30. The smallest absolute Gasteiger partial charge is 0.258 e. The minimum absolute atomic E-state index is 0.0717. The van der Waals surface area contributed by atoms with E-state index in [1.165, 1.54) is 6.33 Å². The van der Waals surface area contributed by atoms with Gasteiger partial charge in [0.2, 0.25) is 11.8 Å². The second-order valence-corrected chi connectivity index (χ2v) is 7.44. The van der Waals surface area contributed by atoms with Gasteiger partial charge in [-0.15, -0.1) is 11.8 Å². The highest BCUT2D eigenvalue weighted by atomic mass is 32.2. The van der Waals surface area contributed by atoms with Crippen LogP contribution in [-0.4, -0.2) is 34.6 Å². The largest absolute Gasteiger partial charge is 0.326 e. The number of hydrogen-bond donors (Lipinski definition) is 2. The molecular weight excluding hydrogens is 376 g/mol. The van der Waals surface area contributed by atoms with Gasteiger partial charge in [0.25, 0.3) is 5.56 Å². The van der Waals surface area contributed by atoms with Gasteiger partial charge in [0.15, 0.2) is 0 Å². The Bertz CT molecular complexity index is 1130. The zero-order chi connectivity index (χ0) is 19.7. The molecule has 2 aromatic carbocycles. The molecule has 1 aliphatic rings. The van der Waals surface area contributed by atoms with E-state index < -0.39 is 5.92 Å². The lowest BCUT2D eigenvalue weighted by molar-refractivity contribution is -0.122. The number of fused-ring (bicyclic) bond motifs is 1. The lowest BCUT2D eigenvalue weighted by atomic mass is 10.1. The summed E-state index contributed by atoms with van der Waals surface area (Å²) >= 11 is 1.60. The number of hydrogen-bond acceptors (Lipinski definition) is 5. The molecule has 1 atom stereocenters. The highest BCUT2D eigenvalue weighted by molar-refractivity contribution is 7.98. The van der Waals surface area contributed by atoms with Gasteiger partial charge in [-0.05, 0) is 42.7 Å². The zero-order valence-electron chi connectivity index (χ0n) is 15.1. The fraction of sp³-hybridized carbons (Fsp3) is 0.200. The third-order valence-corrected chi connectivity index (χ3v) is 5.49. The van der Waals surface area contributed by atoms with Crippen molar-refractivity contribution in [2.24, 2.45) is 5.92 Å². The van der Waals surface area contributed by atoms with E-state index >= 15 is 0 Å². The van der Waals surface area contributed by atoms with Crippen LogP contribution in [0.5, 0.6) is 0 Å². The maximum absolute atomic E-state index is 12.7. The number of aromatic nitrogens is 2. The summed E-state index contributed by atoms with van der Waals surface area (Å²) in [5, 5.41) is 3.22. The summed E-state index contributed by atoms with van der Waals surface area (Å²) in [7, 11) is 0. The fourth-order valence-corrected chi connectivity index (χ4v) is 3.76. The van der Waals surface area contributed by atoms with Crippen molar-refractivity contribution < 1.29 is 9.59 Å². The van der Waals surface area contributed by atoms with Gasteiger partial charge in [0.1, 0.15) is 0 Å². The van der Waals surface area contributed by atoms with Gasteiger partial charge in [-0.1, -0.05) is 6.07 Å². The van der Waals surface area contributed by atoms with E-state index in [0.29, 0.717) is 23.1 Å². The Balaban J connectivity index is 1.50. The Morgan fingerprint density at radius 3 is 2.93 bits per heavy atom. The molecule has 7 nitrogen and oxygen atoms in total. The van der Waals surface area contributed by atoms with Crippen LogP contribution in [-0.2, 0) is 9.59 Å². The SMILES string of the molecule is CSc1cccc(N2C[C@@H](C(=O)Nc3ccc4nc[nH]c(=O)c4c3)CC2=O)c1. The molecule has 2 amide bonds. The Kier molecular flexibility index (Phi) is 4.87. The first-order valence-corrected chi connectivity index (χ1v) is 10.0. The van der Waals surface area contributed by atoms with E-state index in [2.05, 4.69) is 15.3 Å². The molecule has 0 bridgehead atoms. The Hall–Kier alpha value is -3.13. The zero-order valence-corrected chi connectivity index (χ0v) is 16.0. The van der Waals surface area contributed by atoms with Crippen LogP contribution >= 0.6 is 11.8 Å². The number of amides is 2. The predicted octanol–water partition coefficient (Wildman–Crippen LogP) is 2.64. The molecule has 0 saturated carbocycles. The number of nitrogens with zero attached hydrogens (tertiary/aromatic N) is 2. The summed E-state index contributed by atoms with van der Waals surface area (Å²) < 4.78 is 0. The standard InChI is InChI=1S/C20H18N4O3S/c1-28-15-4-2-3-14(9-15)24-10-12(7-18(24)25)19(26)23-13-5-6-17-16(8-13)20(27)22-11-21-17/h2-6,8-9,11-12H,7,10H2,1H3,(H,23,26)(H,21,22,27)/t12-/m0/s1. The molecule has 1 aromatic heterocycles. The number of anilines is 2. The van der Waals surface area contributed by atoms with Gasteiger partial charge >= 0.3 is 0 Å². The molecule has 0 aliphatic carbocycles. The number of carbonyl (C=O) groups excluding carboxylic acids is 2. The van der Waals surface area contributed by atoms with Crippen LogP contribution in [0.15, 0.2) is 58.5 Å². The number of nitrogens with one attached hydrogen (secondary N) is 2. The molecule has 142 valence electrons. The average molecular weight is 394 g/mol. The van der Waals surface area contributed by atoms with E-state index in [1.54, 1.807) is 34.9 Å². The molecule has 1 fully saturated rings. The molecule has 0 spiro atoms. The molecule has 1 saturated heterocycles. The molecule has 8 heteroatoms. The number of aromatic amines is 1. The van der Waals surface area contributed by atoms with E-state index in [4.69, 9.17) is 0 Å².